The van der Waals surface area contributed by atoms with Crippen LogP contribution >= 0.6 is 22.6 Å². The molecule has 2 atom stereocenters. The van der Waals surface area contributed by atoms with E-state index in [0.717, 1.165) is 36.8 Å². The number of halogens is 1. The molecule has 1 aromatic carbocycles. The summed E-state index contributed by atoms with van der Waals surface area (Å²) in [5, 5.41) is 8.86. The Balaban J connectivity index is 2.65. The minimum absolute atomic E-state index is 0.0197. The highest BCUT2D eigenvalue weighted by molar-refractivity contribution is 14.1. The molecule has 0 heterocycles. The van der Waals surface area contributed by atoms with Crippen molar-refractivity contribution in [3.8, 4) is 0 Å². The van der Waals surface area contributed by atoms with Crippen molar-refractivity contribution in [2.24, 2.45) is 5.92 Å². The largest absolute Gasteiger partial charge is 0.396 e. The second kappa shape index (κ2) is 15.6. The fraction of sp³-hybridized carbons (Fsp3) is 0.542. The van der Waals surface area contributed by atoms with Crippen LogP contribution in [0, 0.1) is 5.92 Å². The van der Waals surface area contributed by atoms with Gasteiger partial charge < -0.3 is 14.7 Å². The van der Waals surface area contributed by atoms with Crippen LogP contribution < -0.4 is 0 Å². The van der Waals surface area contributed by atoms with Gasteiger partial charge in [-0.2, -0.15) is 0 Å². The number of amides is 1. The van der Waals surface area contributed by atoms with Crippen molar-refractivity contribution >= 4 is 28.5 Å². The summed E-state index contributed by atoms with van der Waals surface area (Å²) in [6.07, 6.45) is 8.43. The third-order valence-electron chi connectivity index (χ3n) is 5.08. The summed E-state index contributed by atoms with van der Waals surface area (Å²) in [5.74, 6) is 0.395. The van der Waals surface area contributed by atoms with E-state index in [4.69, 9.17) is 9.84 Å². The Morgan fingerprint density at radius 1 is 1.21 bits per heavy atom. The normalized spacial score (nSPS) is 14.2. The number of rotatable bonds is 14. The molecule has 0 fully saturated rings. The van der Waals surface area contributed by atoms with Gasteiger partial charge in [-0.05, 0) is 35.3 Å². The van der Waals surface area contributed by atoms with Gasteiger partial charge in [0.05, 0.1) is 19.3 Å². The van der Waals surface area contributed by atoms with Crippen molar-refractivity contribution < 1.29 is 14.6 Å². The van der Waals surface area contributed by atoms with Gasteiger partial charge in [0, 0.05) is 20.1 Å². The number of nitrogens with zero attached hydrogens (tertiary/aromatic N) is 1. The molecule has 0 saturated carbocycles. The molecule has 0 aliphatic carbocycles. The zero-order valence-electron chi connectivity index (χ0n) is 18.0. The van der Waals surface area contributed by atoms with Gasteiger partial charge >= 0.3 is 0 Å². The number of carbonyl (C=O) groups excluding carboxylic acids is 1. The monoisotopic (exact) mass is 513 g/mol. The van der Waals surface area contributed by atoms with E-state index >= 15 is 0 Å². The Kier molecular flexibility index (Phi) is 13.9. The Bertz CT molecular complexity index is 630. The average Bonchev–Trinajstić information content (AvgIpc) is 2.72. The van der Waals surface area contributed by atoms with E-state index < -0.39 is 0 Å². The molecule has 1 aromatic rings. The molecule has 0 aromatic heterocycles. The van der Waals surface area contributed by atoms with Gasteiger partial charge in [-0.25, -0.2) is 0 Å². The summed E-state index contributed by atoms with van der Waals surface area (Å²) in [4.78, 5) is 14.6. The zero-order chi connectivity index (χ0) is 21.5. The quantitative estimate of drug-likeness (QED) is 0.203. The first-order valence-electron chi connectivity index (χ1n) is 10.4. The van der Waals surface area contributed by atoms with Crippen molar-refractivity contribution in [1.29, 1.82) is 0 Å². The molecular weight excluding hydrogens is 477 g/mol. The number of benzene rings is 1. The molecule has 0 aliphatic rings. The zero-order valence-corrected chi connectivity index (χ0v) is 20.2. The number of aliphatic hydroxyl groups excluding tert-OH is 1. The molecule has 1 amide bonds. The highest BCUT2D eigenvalue weighted by atomic mass is 127. The second-order valence-corrected chi connectivity index (χ2v) is 8.18. The van der Waals surface area contributed by atoms with Crippen LogP contribution in [-0.4, -0.2) is 42.2 Å². The Morgan fingerprint density at radius 3 is 2.55 bits per heavy atom. The van der Waals surface area contributed by atoms with E-state index in [1.54, 1.807) is 0 Å². The molecule has 4 nitrogen and oxygen atoms in total. The van der Waals surface area contributed by atoms with Gasteiger partial charge in [0.15, 0.2) is 0 Å². The van der Waals surface area contributed by atoms with Crippen molar-refractivity contribution in [3.05, 3.63) is 57.7 Å². The summed E-state index contributed by atoms with van der Waals surface area (Å²) >= 11 is 2.23. The van der Waals surface area contributed by atoms with Crippen LogP contribution in [0.3, 0.4) is 0 Å². The summed E-state index contributed by atoms with van der Waals surface area (Å²) in [6.45, 7) is 5.57. The number of aliphatic hydroxyl groups is 1. The van der Waals surface area contributed by atoms with Crippen LogP contribution in [0.15, 0.2) is 52.1 Å². The van der Waals surface area contributed by atoms with Crippen LogP contribution in [0.1, 0.15) is 51.5 Å². The molecule has 0 bridgehead atoms. The third kappa shape index (κ3) is 10.4. The Hall–Kier alpha value is -1.18. The number of hydrogen-bond donors (Lipinski definition) is 1. The lowest BCUT2D eigenvalue weighted by molar-refractivity contribution is -0.132. The molecule has 162 valence electrons. The highest BCUT2D eigenvalue weighted by Gasteiger charge is 2.25. The molecule has 0 radical (unpaired) electrons. The van der Waals surface area contributed by atoms with Crippen molar-refractivity contribution in [2.45, 2.75) is 58.6 Å². The number of ether oxygens (including phenoxy) is 1. The fourth-order valence-electron chi connectivity index (χ4n) is 3.43. The Labute approximate surface area is 190 Å². The maximum absolute atomic E-state index is 12.7. The molecule has 0 aliphatic heterocycles. The summed E-state index contributed by atoms with van der Waals surface area (Å²) in [5.41, 5.74) is 2.31. The lowest BCUT2D eigenvalue weighted by Crippen LogP contribution is -2.41. The van der Waals surface area contributed by atoms with Crippen molar-refractivity contribution in [3.63, 3.8) is 0 Å². The van der Waals surface area contributed by atoms with Gasteiger partial charge in [-0.3, -0.25) is 4.79 Å². The van der Waals surface area contributed by atoms with Crippen LogP contribution in [0.5, 0.6) is 0 Å². The number of hydrogen-bond acceptors (Lipinski definition) is 3. The van der Waals surface area contributed by atoms with E-state index in [1.165, 1.54) is 0 Å². The summed E-state index contributed by atoms with van der Waals surface area (Å²) in [6, 6.07) is 10.2. The highest BCUT2D eigenvalue weighted by Crippen LogP contribution is 2.22. The maximum atomic E-state index is 12.7. The third-order valence-corrected chi connectivity index (χ3v) is 5.50. The van der Waals surface area contributed by atoms with Crippen molar-refractivity contribution in [1.82, 2.24) is 4.90 Å². The maximum Gasteiger partial charge on any atom is 0.222 e. The molecule has 29 heavy (non-hydrogen) atoms. The SMILES string of the molecule is CC(=CCOCc1ccccc1)C([C@@H](C)C=CI)N(C)C(=O)CCCCCCO. The predicted molar refractivity (Wildman–Crippen MR) is 129 cm³/mol. The second-order valence-electron chi connectivity index (χ2n) is 7.46. The fourth-order valence-corrected chi connectivity index (χ4v) is 4.08. The Morgan fingerprint density at radius 2 is 1.90 bits per heavy atom. The molecule has 5 heteroatoms. The van der Waals surface area contributed by atoms with E-state index in [0.29, 0.717) is 19.6 Å². The van der Waals surface area contributed by atoms with E-state index in [9.17, 15) is 4.79 Å². The van der Waals surface area contributed by atoms with Gasteiger partial charge in [-0.15, -0.1) is 0 Å². The van der Waals surface area contributed by atoms with Crippen LogP contribution in [0.2, 0.25) is 0 Å². The van der Waals surface area contributed by atoms with Crippen molar-refractivity contribution in [2.75, 3.05) is 20.3 Å². The first kappa shape index (κ1) is 25.9. The smallest absolute Gasteiger partial charge is 0.222 e. The average molecular weight is 513 g/mol. The first-order valence-corrected chi connectivity index (χ1v) is 11.7. The molecule has 1 rings (SSSR count). The minimum atomic E-state index is 0.0197. The van der Waals surface area contributed by atoms with Crippen LogP contribution in [0.25, 0.3) is 0 Å². The van der Waals surface area contributed by atoms with E-state index in [-0.39, 0.29) is 24.5 Å². The lowest BCUT2D eigenvalue weighted by Gasteiger charge is -2.33. The molecule has 1 N–H and O–H groups in total. The minimum Gasteiger partial charge on any atom is -0.396 e. The van der Waals surface area contributed by atoms with Crippen LogP contribution in [0.4, 0.5) is 0 Å². The lowest BCUT2D eigenvalue weighted by atomic mass is 9.93. The molecular formula is C24H36INO3. The topological polar surface area (TPSA) is 49.8 Å². The molecule has 0 saturated heterocycles. The van der Waals surface area contributed by atoms with Gasteiger partial charge in [-0.1, -0.05) is 90.4 Å². The van der Waals surface area contributed by atoms with Gasteiger partial charge in [0.25, 0.3) is 0 Å². The van der Waals surface area contributed by atoms with E-state index in [1.807, 2.05) is 34.2 Å². The van der Waals surface area contributed by atoms with E-state index in [2.05, 4.69) is 60.7 Å². The van der Waals surface area contributed by atoms with Gasteiger partial charge in [0.1, 0.15) is 0 Å². The number of likely N-dealkylation sites (N-methyl/N-ethyl adjacent to an activating group) is 1. The standard InChI is InChI=1S/C24H36INO3/c1-20(14-16-25)24(26(3)23(28)13-9-4-5-10-17-27)21(2)15-18-29-19-22-11-7-6-8-12-22/h6-8,11-12,14-16,20,24,27H,4-5,9-10,13,17-19H2,1-3H3/t20-,24?/m0/s1. The first-order chi connectivity index (χ1) is 14.0. The number of carbonyl (C=O) groups is 1. The number of unbranched alkanes of at least 4 members (excludes halogenated alkanes) is 3. The van der Waals surface area contributed by atoms with Crippen LogP contribution in [-0.2, 0) is 16.1 Å². The van der Waals surface area contributed by atoms with Gasteiger partial charge in [0.2, 0.25) is 5.91 Å². The molecule has 1 unspecified atom stereocenters. The summed E-state index contributed by atoms with van der Waals surface area (Å²) in [7, 11) is 1.90. The molecule has 0 spiro atoms. The summed E-state index contributed by atoms with van der Waals surface area (Å²) < 4.78 is 7.82. The predicted octanol–water partition coefficient (Wildman–Crippen LogP) is 5.50.